The van der Waals surface area contributed by atoms with Crippen molar-refractivity contribution in [2.75, 3.05) is 11.9 Å². The van der Waals surface area contributed by atoms with Crippen molar-refractivity contribution in [2.45, 2.75) is 24.7 Å². The first-order valence-corrected chi connectivity index (χ1v) is 10.4. The van der Waals surface area contributed by atoms with Crippen molar-refractivity contribution >= 4 is 44.0 Å². The first-order chi connectivity index (χ1) is 11.8. The molecule has 2 aromatic rings. The van der Waals surface area contributed by atoms with Crippen LogP contribution in [0.1, 0.15) is 18.4 Å². The Morgan fingerprint density at radius 1 is 1.20 bits per heavy atom. The Bertz CT molecular complexity index is 885. The molecule has 2 aromatic carbocycles. The number of halogens is 2. The summed E-state index contributed by atoms with van der Waals surface area (Å²) in [6, 6.07) is 9.17. The summed E-state index contributed by atoms with van der Waals surface area (Å²) in [4.78, 5) is 7.15. The van der Waals surface area contributed by atoms with Crippen LogP contribution < -0.4 is 10.2 Å². The summed E-state index contributed by atoms with van der Waals surface area (Å²) >= 11 is 2.19. The molecule has 0 atom stereocenters. The van der Waals surface area contributed by atoms with Crippen LogP contribution in [0, 0.1) is 22.2 Å². The molecular weight excluding hydrogens is 458 g/mol. The maximum atomic E-state index is 13.7. The van der Waals surface area contributed by atoms with Gasteiger partial charge >= 0.3 is 0 Å². The van der Waals surface area contributed by atoms with Crippen molar-refractivity contribution in [1.82, 2.24) is 4.89 Å². The predicted molar refractivity (Wildman–Crippen MR) is 103 cm³/mol. The molecule has 0 spiro atoms. The molecule has 2 N–H and O–H groups in total. The predicted octanol–water partition coefficient (Wildman–Crippen LogP) is 4.10. The topological polar surface area (TPSA) is 67.4 Å². The van der Waals surface area contributed by atoms with Crippen LogP contribution in [0.2, 0.25) is 0 Å². The molecule has 1 saturated carbocycles. The Morgan fingerprint density at radius 3 is 2.64 bits per heavy atom. The van der Waals surface area contributed by atoms with Gasteiger partial charge in [-0.2, -0.15) is 0 Å². The van der Waals surface area contributed by atoms with E-state index in [4.69, 9.17) is 4.84 Å². The smallest absolute Gasteiger partial charge is 0.264 e. The van der Waals surface area contributed by atoms with Gasteiger partial charge in [0.1, 0.15) is 10.7 Å². The zero-order valence-electron chi connectivity index (χ0n) is 13.6. The van der Waals surface area contributed by atoms with Gasteiger partial charge in [-0.25, -0.2) is 12.8 Å². The van der Waals surface area contributed by atoms with Crippen LogP contribution in [0.3, 0.4) is 0 Å². The molecule has 0 unspecified atom stereocenters. The second kappa shape index (κ2) is 7.56. The SMILES string of the molecule is Cc1cc(I)ccc1Nc1cc(F)ccc1S(=O)(=O)NOCC1CC1. The molecule has 0 bridgehead atoms. The molecule has 5 nitrogen and oxygen atoms in total. The minimum absolute atomic E-state index is 0.0670. The van der Waals surface area contributed by atoms with E-state index < -0.39 is 15.8 Å². The molecule has 1 aliphatic rings. The Labute approximate surface area is 160 Å². The molecule has 0 saturated heterocycles. The van der Waals surface area contributed by atoms with Crippen molar-refractivity contribution in [1.29, 1.82) is 0 Å². The van der Waals surface area contributed by atoms with Gasteiger partial charge in [-0.15, -0.1) is 0 Å². The largest absolute Gasteiger partial charge is 0.354 e. The third kappa shape index (κ3) is 4.90. The number of hydrogen-bond acceptors (Lipinski definition) is 4. The number of benzene rings is 2. The first kappa shape index (κ1) is 18.6. The molecule has 0 heterocycles. The van der Waals surface area contributed by atoms with E-state index in [2.05, 4.69) is 32.8 Å². The van der Waals surface area contributed by atoms with E-state index >= 15 is 0 Å². The van der Waals surface area contributed by atoms with E-state index in [0.29, 0.717) is 18.2 Å². The van der Waals surface area contributed by atoms with Crippen molar-refractivity contribution in [3.8, 4) is 0 Å². The normalized spacial score (nSPS) is 14.5. The Morgan fingerprint density at radius 2 is 1.96 bits per heavy atom. The zero-order chi connectivity index (χ0) is 18.0. The lowest BCUT2D eigenvalue weighted by Crippen LogP contribution is -2.25. The highest BCUT2D eigenvalue weighted by atomic mass is 127. The van der Waals surface area contributed by atoms with Crippen molar-refractivity contribution in [3.05, 3.63) is 51.3 Å². The maximum Gasteiger partial charge on any atom is 0.264 e. The van der Waals surface area contributed by atoms with Crippen LogP contribution in [0.5, 0.6) is 0 Å². The molecule has 1 aliphatic carbocycles. The average molecular weight is 476 g/mol. The van der Waals surface area contributed by atoms with Gasteiger partial charge in [0.15, 0.2) is 0 Å². The molecule has 3 rings (SSSR count). The van der Waals surface area contributed by atoms with Crippen molar-refractivity contribution < 1.29 is 17.6 Å². The van der Waals surface area contributed by atoms with Crippen molar-refractivity contribution in [3.63, 3.8) is 0 Å². The molecule has 0 radical (unpaired) electrons. The summed E-state index contributed by atoms with van der Waals surface area (Å²) in [7, 11) is -3.92. The lowest BCUT2D eigenvalue weighted by Gasteiger charge is -2.15. The van der Waals surface area contributed by atoms with Gasteiger partial charge in [-0.05, 0) is 90.2 Å². The highest BCUT2D eigenvalue weighted by molar-refractivity contribution is 14.1. The summed E-state index contributed by atoms with van der Waals surface area (Å²) in [5.74, 6) is -0.105. The fourth-order valence-corrected chi connectivity index (χ4v) is 3.91. The van der Waals surface area contributed by atoms with Crippen LogP contribution in [0.25, 0.3) is 0 Å². The highest BCUT2D eigenvalue weighted by Crippen LogP contribution is 2.30. The lowest BCUT2D eigenvalue weighted by molar-refractivity contribution is 0.0844. The summed E-state index contributed by atoms with van der Waals surface area (Å²) in [5.41, 5.74) is 1.80. The van der Waals surface area contributed by atoms with E-state index in [1.54, 1.807) is 0 Å². The van der Waals surface area contributed by atoms with E-state index in [0.717, 1.165) is 34.1 Å². The summed E-state index contributed by atoms with van der Waals surface area (Å²) < 4.78 is 39.7. The van der Waals surface area contributed by atoms with E-state index in [-0.39, 0.29) is 10.6 Å². The molecule has 0 aromatic heterocycles. The quantitative estimate of drug-likeness (QED) is 0.467. The van der Waals surface area contributed by atoms with Crippen LogP contribution >= 0.6 is 22.6 Å². The molecule has 0 amide bonds. The van der Waals surface area contributed by atoms with Gasteiger partial charge in [-0.1, -0.05) is 4.89 Å². The van der Waals surface area contributed by atoms with Crippen molar-refractivity contribution in [2.24, 2.45) is 5.92 Å². The monoisotopic (exact) mass is 476 g/mol. The molecule has 8 heteroatoms. The van der Waals surface area contributed by atoms with E-state index in [1.807, 2.05) is 25.1 Å². The van der Waals surface area contributed by atoms with E-state index in [9.17, 15) is 12.8 Å². The Hall–Kier alpha value is -1.23. The van der Waals surface area contributed by atoms with Crippen LogP contribution in [0.4, 0.5) is 15.8 Å². The lowest BCUT2D eigenvalue weighted by atomic mass is 10.2. The number of nitrogens with one attached hydrogen (secondary N) is 2. The van der Waals surface area contributed by atoms with Gasteiger partial charge in [0.25, 0.3) is 10.0 Å². The molecule has 1 fully saturated rings. The minimum atomic E-state index is -3.92. The Balaban J connectivity index is 1.86. The first-order valence-electron chi connectivity index (χ1n) is 7.81. The van der Waals surface area contributed by atoms with Crippen LogP contribution in [-0.4, -0.2) is 15.0 Å². The third-order valence-electron chi connectivity index (χ3n) is 3.87. The van der Waals surface area contributed by atoms with Gasteiger partial charge < -0.3 is 5.32 Å². The average Bonchev–Trinajstić information content (AvgIpc) is 3.34. The standard InChI is InChI=1S/C17H18FIN2O3S/c1-11-8-14(19)5-6-15(11)20-16-9-13(18)4-7-17(16)25(22,23)21-24-10-12-2-3-12/h4-9,12,20-21H,2-3,10H2,1H3. The third-order valence-corrected chi connectivity index (χ3v) is 5.82. The van der Waals surface area contributed by atoms with Gasteiger partial charge in [0, 0.05) is 9.26 Å². The van der Waals surface area contributed by atoms with E-state index in [1.165, 1.54) is 6.07 Å². The van der Waals surface area contributed by atoms with Gasteiger partial charge in [0.2, 0.25) is 0 Å². The number of rotatable bonds is 7. The molecular formula is C17H18FIN2O3S. The highest BCUT2D eigenvalue weighted by Gasteiger charge is 2.24. The van der Waals surface area contributed by atoms with Gasteiger partial charge in [0.05, 0.1) is 12.3 Å². The number of sulfonamides is 1. The molecule has 25 heavy (non-hydrogen) atoms. The second-order valence-electron chi connectivity index (χ2n) is 6.07. The summed E-state index contributed by atoms with van der Waals surface area (Å²) in [5, 5.41) is 3.01. The minimum Gasteiger partial charge on any atom is -0.354 e. The molecule has 0 aliphatic heterocycles. The number of aryl methyl sites for hydroxylation is 1. The van der Waals surface area contributed by atoms with Crippen LogP contribution in [-0.2, 0) is 14.9 Å². The van der Waals surface area contributed by atoms with Crippen LogP contribution in [0.15, 0.2) is 41.3 Å². The number of anilines is 2. The fourth-order valence-electron chi connectivity index (χ4n) is 2.31. The maximum absolute atomic E-state index is 13.7. The summed E-state index contributed by atoms with van der Waals surface area (Å²) in [6.45, 7) is 2.24. The van der Waals surface area contributed by atoms with Gasteiger partial charge in [-0.3, -0.25) is 4.84 Å². The Kier molecular flexibility index (Phi) is 5.62. The fraction of sp³-hybridized carbons (Fsp3) is 0.294. The summed E-state index contributed by atoms with van der Waals surface area (Å²) in [6.07, 6.45) is 2.11. The zero-order valence-corrected chi connectivity index (χ0v) is 16.5. The second-order valence-corrected chi connectivity index (χ2v) is 8.92. The molecule has 134 valence electrons. The number of hydrogen-bond donors (Lipinski definition) is 2.